The van der Waals surface area contributed by atoms with E-state index in [1.807, 2.05) is 12.1 Å². The number of halogens is 2. The molecule has 0 aliphatic rings. The summed E-state index contributed by atoms with van der Waals surface area (Å²) in [5, 5.41) is 0. The smallest absolute Gasteiger partial charge is 0.170 e. The number of ketones is 1. The summed E-state index contributed by atoms with van der Waals surface area (Å²) in [5.74, 6) is -0.0938. The number of Topliss-reactive ketones (excluding diaryl/α,β-unsaturated/α-hetero) is 1. The second-order valence-electron chi connectivity index (χ2n) is 4.49. The van der Waals surface area contributed by atoms with E-state index in [9.17, 15) is 9.18 Å². The highest BCUT2D eigenvalue weighted by molar-refractivity contribution is 9.10. The van der Waals surface area contributed by atoms with Crippen LogP contribution in [0.3, 0.4) is 0 Å². The first-order valence-electron chi connectivity index (χ1n) is 6.13. The van der Waals surface area contributed by atoms with Gasteiger partial charge in [-0.2, -0.15) is 0 Å². The Morgan fingerprint density at radius 2 is 2.05 bits per heavy atom. The summed E-state index contributed by atoms with van der Waals surface area (Å²) >= 11 is 3.36. The van der Waals surface area contributed by atoms with E-state index in [0.717, 1.165) is 10.0 Å². The van der Waals surface area contributed by atoms with Crippen molar-refractivity contribution in [3.05, 3.63) is 63.4 Å². The van der Waals surface area contributed by atoms with Gasteiger partial charge in [0.15, 0.2) is 5.78 Å². The number of methoxy groups -OCH3 is 1. The molecule has 0 aliphatic carbocycles. The molecule has 0 aromatic heterocycles. The largest absolute Gasteiger partial charge is 0.496 e. The van der Waals surface area contributed by atoms with Crippen molar-refractivity contribution in [1.82, 2.24) is 0 Å². The van der Waals surface area contributed by atoms with Crippen LogP contribution in [0.15, 0.2) is 40.9 Å². The SMILES string of the molecule is COc1ccc(Br)cc1CC(=O)c1cccc(C)c1F. The van der Waals surface area contributed by atoms with E-state index < -0.39 is 5.82 Å². The summed E-state index contributed by atoms with van der Waals surface area (Å²) in [6, 6.07) is 10.3. The fourth-order valence-electron chi connectivity index (χ4n) is 2.02. The molecular weight excluding hydrogens is 323 g/mol. The number of hydrogen-bond acceptors (Lipinski definition) is 2. The molecule has 0 N–H and O–H groups in total. The van der Waals surface area contributed by atoms with Crippen molar-refractivity contribution in [2.75, 3.05) is 7.11 Å². The average molecular weight is 337 g/mol. The first-order chi connectivity index (χ1) is 9.52. The number of benzene rings is 2. The van der Waals surface area contributed by atoms with E-state index in [0.29, 0.717) is 11.3 Å². The van der Waals surface area contributed by atoms with Gasteiger partial charge in [0.1, 0.15) is 11.6 Å². The first-order valence-corrected chi connectivity index (χ1v) is 6.93. The zero-order valence-electron chi connectivity index (χ0n) is 11.2. The molecule has 0 fully saturated rings. The van der Waals surface area contributed by atoms with Crippen LogP contribution in [0.5, 0.6) is 5.75 Å². The highest BCUT2D eigenvalue weighted by Gasteiger charge is 2.16. The molecule has 0 aliphatic heterocycles. The minimum atomic E-state index is -0.452. The Balaban J connectivity index is 2.32. The minimum absolute atomic E-state index is 0.100. The molecule has 0 radical (unpaired) electrons. The van der Waals surface area contributed by atoms with Crippen molar-refractivity contribution in [2.45, 2.75) is 13.3 Å². The Morgan fingerprint density at radius 1 is 1.30 bits per heavy atom. The van der Waals surface area contributed by atoms with Crippen LogP contribution >= 0.6 is 15.9 Å². The van der Waals surface area contributed by atoms with E-state index in [4.69, 9.17) is 4.74 Å². The van der Waals surface area contributed by atoms with Gasteiger partial charge in [-0.3, -0.25) is 4.79 Å². The molecule has 0 bridgehead atoms. The lowest BCUT2D eigenvalue weighted by molar-refractivity contribution is 0.0988. The average Bonchev–Trinajstić information content (AvgIpc) is 2.42. The van der Waals surface area contributed by atoms with Gasteiger partial charge < -0.3 is 4.74 Å². The molecule has 2 aromatic carbocycles. The van der Waals surface area contributed by atoms with Gasteiger partial charge >= 0.3 is 0 Å². The Morgan fingerprint density at radius 3 is 2.75 bits per heavy atom. The first kappa shape index (κ1) is 14.7. The fourth-order valence-corrected chi connectivity index (χ4v) is 2.42. The van der Waals surface area contributed by atoms with E-state index in [1.165, 1.54) is 6.07 Å². The van der Waals surface area contributed by atoms with Gasteiger partial charge in [0, 0.05) is 16.5 Å². The summed E-state index contributed by atoms with van der Waals surface area (Å²) in [6.45, 7) is 1.64. The molecule has 0 saturated heterocycles. The molecular formula is C16H14BrFO2. The summed E-state index contributed by atoms with van der Waals surface area (Å²) in [7, 11) is 1.55. The minimum Gasteiger partial charge on any atom is -0.496 e. The molecule has 2 rings (SSSR count). The Kier molecular flexibility index (Phi) is 4.55. The number of hydrogen-bond donors (Lipinski definition) is 0. The van der Waals surface area contributed by atoms with Crippen molar-refractivity contribution >= 4 is 21.7 Å². The van der Waals surface area contributed by atoms with E-state index in [-0.39, 0.29) is 17.8 Å². The second kappa shape index (κ2) is 6.18. The maximum atomic E-state index is 14.0. The zero-order chi connectivity index (χ0) is 14.7. The van der Waals surface area contributed by atoms with Crippen LogP contribution in [0, 0.1) is 12.7 Å². The van der Waals surface area contributed by atoms with Crippen LogP contribution in [-0.2, 0) is 6.42 Å². The van der Waals surface area contributed by atoms with Gasteiger partial charge in [-0.15, -0.1) is 0 Å². The molecule has 0 saturated carbocycles. The summed E-state index contributed by atoms with van der Waals surface area (Å²) in [6.07, 6.45) is 0.100. The highest BCUT2D eigenvalue weighted by atomic mass is 79.9. The Bertz CT molecular complexity index is 653. The number of aryl methyl sites for hydroxylation is 1. The van der Waals surface area contributed by atoms with Gasteiger partial charge in [-0.1, -0.05) is 28.1 Å². The zero-order valence-corrected chi connectivity index (χ0v) is 12.8. The molecule has 0 unspecified atom stereocenters. The van der Waals surface area contributed by atoms with E-state index in [1.54, 1.807) is 32.2 Å². The van der Waals surface area contributed by atoms with Gasteiger partial charge in [0.05, 0.1) is 12.7 Å². The van der Waals surface area contributed by atoms with Crippen molar-refractivity contribution < 1.29 is 13.9 Å². The van der Waals surface area contributed by atoms with Crippen molar-refractivity contribution in [1.29, 1.82) is 0 Å². The highest BCUT2D eigenvalue weighted by Crippen LogP contribution is 2.25. The van der Waals surface area contributed by atoms with Crippen molar-refractivity contribution in [3.63, 3.8) is 0 Å². The molecule has 0 atom stereocenters. The van der Waals surface area contributed by atoms with Gasteiger partial charge in [0.25, 0.3) is 0 Å². The molecule has 4 heteroatoms. The normalized spacial score (nSPS) is 10.4. The maximum Gasteiger partial charge on any atom is 0.170 e. The van der Waals surface area contributed by atoms with Crippen molar-refractivity contribution in [2.24, 2.45) is 0 Å². The van der Waals surface area contributed by atoms with Crippen LogP contribution in [0.1, 0.15) is 21.5 Å². The van der Waals surface area contributed by atoms with Gasteiger partial charge in [-0.25, -0.2) is 4.39 Å². The maximum absolute atomic E-state index is 14.0. The monoisotopic (exact) mass is 336 g/mol. The third-order valence-electron chi connectivity index (χ3n) is 3.09. The molecule has 0 amide bonds. The Labute approximate surface area is 125 Å². The molecule has 0 spiro atoms. The number of rotatable bonds is 4. The molecule has 0 heterocycles. The quantitative estimate of drug-likeness (QED) is 0.776. The molecule has 20 heavy (non-hydrogen) atoms. The molecule has 104 valence electrons. The lowest BCUT2D eigenvalue weighted by atomic mass is 10.0. The predicted molar refractivity (Wildman–Crippen MR) is 79.9 cm³/mol. The van der Waals surface area contributed by atoms with Crippen LogP contribution < -0.4 is 4.74 Å². The van der Waals surface area contributed by atoms with Crippen molar-refractivity contribution in [3.8, 4) is 5.75 Å². The third-order valence-corrected chi connectivity index (χ3v) is 3.58. The van der Waals surface area contributed by atoms with Gasteiger partial charge in [0.2, 0.25) is 0 Å². The topological polar surface area (TPSA) is 26.3 Å². The van der Waals surface area contributed by atoms with Crippen LogP contribution in [0.4, 0.5) is 4.39 Å². The third kappa shape index (κ3) is 3.07. The molecule has 2 nitrogen and oxygen atoms in total. The van der Waals surface area contributed by atoms with E-state index >= 15 is 0 Å². The standard InChI is InChI=1S/C16H14BrFO2/c1-10-4-3-5-13(16(10)18)14(19)9-11-8-12(17)6-7-15(11)20-2/h3-8H,9H2,1-2H3. The van der Waals surface area contributed by atoms with E-state index in [2.05, 4.69) is 15.9 Å². The lowest BCUT2D eigenvalue weighted by Crippen LogP contribution is -2.08. The van der Waals surface area contributed by atoms with Crippen LogP contribution in [-0.4, -0.2) is 12.9 Å². The molecule has 2 aromatic rings. The number of ether oxygens (including phenoxy) is 1. The summed E-state index contributed by atoms with van der Waals surface area (Å²) < 4.78 is 20.0. The number of carbonyl (C=O) groups excluding carboxylic acids is 1. The van der Waals surface area contributed by atoms with Crippen LogP contribution in [0.25, 0.3) is 0 Å². The fraction of sp³-hybridized carbons (Fsp3) is 0.188. The number of carbonyl (C=O) groups is 1. The Hall–Kier alpha value is -1.68. The second-order valence-corrected chi connectivity index (χ2v) is 5.41. The van der Waals surface area contributed by atoms with Gasteiger partial charge in [-0.05, 0) is 36.8 Å². The predicted octanol–water partition coefficient (Wildman–Crippen LogP) is 4.33. The summed E-state index contributed by atoms with van der Waals surface area (Å²) in [4.78, 5) is 12.3. The summed E-state index contributed by atoms with van der Waals surface area (Å²) in [5.41, 5.74) is 1.32. The lowest BCUT2D eigenvalue weighted by Gasteiger charge is -2.09. The van der Waals surface area contributed by atoms with Crippen LogP contribution in [0.2, 0.25) is 0 Å².